The fourth-order valence-corrected chi connectivity index (χ4v) is 9.63. The van der Waals surface area contributed by atoms with Crippen molar-refractivity contribution in [3.8, 4) is 34.0 Å². The van der Waals surface area contributed by atoms with Gasteiger partial charge >= 0.3 is 0 Å². The Hall–Kier alpha value is -6.24. The van der Waals surface area contributed by atoms with Gasteiger partial charge in [-0.3, -0.25) is 0 Å². The highest BCUT2D eigenvalue weighted by Gasteiger charge is 2.20. The van der Waals surface area contributed by atoms with Gasteiger partial charge in [-0.05, 0) is 77.4 Å². The molecule has 0 unspecified atom stereocenters. The number of hydrogen-bond donors (Lipinski definition) is 0. The standard InChI is InChI=1S/C44H23N3S2/c1-46-30-10-6-8-26(20-30)27-16-18-40-34(21-27)36-23-43-37(24-42(36)48-40)35-22-28(17-19-41(35)49-43)31-13-7-9-29(25-45)44(31)47-38-14-4-2-11-32(38)33-12-3-5-15-39(33)47/h2-24H. The van der Waals surface area contributed by atoms with Crippen LogP contribution in [0.3, 0.4) is 0 Å². The summed E-state index contributed by atoms with van der Waals surface area (Å²) in [5.74, 6) is 0. The Morgan fingerprint density at radius 2 is 1.08 bits per heavy atom. The predicted molar refractivity (Wildman–Crippen MR) is 208 cm³/mol. The number of fused-ring (bicyclic) bond motifs is 9. The highest BCUT2D eigenvalue weighted by atomic mass is 32.1. The largest absolute Gasteiger partial charge is 0.307 e. The van der Waals surface area contributed by atoms with E-state index in [-0.39, 0.29) is 0 Å². The Kier molecular flexibility index (Phi) is 6.04. The summed E-state index contributed by atoms with van der Waals surface area (Å²) in [6.07, 6.45) is 0. The van der Waals surface area contributed by atoms with Crippen molar-refractivity contribution in [3.63, 3.8) is 0 Å². The molecule has 0 aliphatic carbocycles. The van der Waals surface area contributed by atoms with Gasteiger partial charge in [0.05, 0.1) is 28.9 Å². The fourth-order valence-electron chi connectivity index (χ4n) is 7.42. The summed E-state index contributed by atoms with van der Waals surface area (Å²) in [6, 6.07) is 51.4. The first-order valence-corrected chi connectivity index (χ1v) is 17.6. The summed E-state index contributed by atoms with van der Waals surface area (Å²) in [5, 5.41) is 17.7. The molecule has 226 valence electrons. The number of rotatable bonds is 3. The van der Waals surface area contributed by atoms with Crippen molar-refractivity contribution < 1.29 is 0 Å². The van der Waals surface area contributed by atoms with E-state index in [1.807, 2.05) is 53.0 Å². The van der Waals surface area contributed by atoms with Crippen LogP contribution in [0.15, 0.2) is 140 Å². The van der Waals surface area contributed by atoms with Crippen molar-refractivity contribution in [1.29, 1.82) is 5.26 Å². The maximum atomic E-state index is 10.4. The van der Waals surface area contributed by atoms with Gasteiger partial charge in [0.1, 0.15) is 6.07 Å². The van der Waals surface area contributed by atoms with E-state index in [0.29, 0.717) is 11.3 Å². The van der Waals surface area contributed by atoms with E-state index in [2.05, 4.69) is 125 Å². The molecule has 10 rings (SSSR count). The quantitative estimate of drug-likeness (QED) is 0.174. The van der Waals surface area contributed by atoms with Gasteiger partial charge in [-0.15, -0.1) is 22.7 Å². The first-order valence-electron chi connectivity index (χ1n) is 16.0. The van der Waals surface area contributed by atoms with Gasteiger partial charge in [0, 0.05) is 56.7 Å². The molecule has 0 N–H and O–H groups in total. The predicted octanol–water partition coefficient (Wildman–Crippen LogP) is 13.3. The van der Waals surface area contributed by atoms with Gasteiger partial charge in [-0.1, -0.05) is 78.9 Å². The normalized spacial score (nSPS) is 11.6. The molecule has 0 bridgehead atoms. The first kappa shape index (κ1) is 27.8. The minimum absolute atomic E-state index is 0.645. The zero-order chi connectivity index (χ0) is 32.6. The van der Waals surface area contributed by atoms with Crippen LogP contribution in [0.1, 0.15) is 5.56 Å². The number of thiophene rings is 2. The van der Waals surface area contributed by atoms with Gasteiger partial charge < -0.3 is 4.57 Å². The third kappa shape index (κ3) is 4.17. The average molecular weight is 658 g/mol. The van der Waals surface area contributed by atoms with Gasteiger partial charge in [0.2, 0.25) is 0 Å². The Morgan fingerprint density at radius 3 is 1.73 bits per heavy atom. The number of nitriles is 1. The van der Waals surface area contributed by atoms with Gasteiger partial charge in [-0.25, -0.2) is 4.85 Å². The first-order chi connectivity index (χ1) is 24.2. The molecule has 0 aliphatic heterocycles. The SMILES string of the molecule is [C-]#[N+]c1cccc(-c2ccc3sc4cc5c(cc4c3c2)sc2ccc(-c3cccc(C#N)c3-n3c4ccccc4c4ccccc43)cc25)c1. The van der Waals surface area contributed by atoms with E-state index in [9.17, 15) is 5.26 Å². The topological polar surface area (TPSA) is 33.1 Å². The number of hydrogen-bond acceptors (Lipinski definition) is 3. The van der Waals surface area contributed by atoms with E-state index < -0.39 is 0 Å². The maximum absolute atomic E-state index is 10.4. The van der Waals surface area contributed by atoms with Gasteiger partial charge in [0.15, 0.2) is 5.69 Å². The van der Waals surface area contributed by atoms with Crippen molar-refractivity contribution in [1.82, 2.24) is 4.57 Å². The summed E-state index contributed by atoms with van der Waals surface area (Å²) in [5.41, 5.74) is 8.68. The Morgan fingerprint density at radius 1 is 0.510 bits per heavy atom. The average Bonchev–Trinajstić information content (AvgIpc) is 3.81. The molecule has 0 spiro atoms. The van der Waals surface area contributed by atoms with Crippen LogP contribution < -0.4 is 0 Å². The molecular weight excluding hydrogens is 635 g/mol. The lowest BCUT2D eigenvalue weighted by molar-refractivity contribution is 1.17. The number of para-hydroxylation sites is 3. The number of nitrogens with zero attached hydrogens (tertiary/aromatic N) is 3. The van der Waals surface area contributed by atoms with Crippen molar-refractivity contribution in [2.24, 2.45) is 0 Å². The highest BCUT2D eigenvalue weighted by Crippen LogP contribution is 2.45. The van der Waals surface area contributed by atoms with E-state index in [1.54, 1.807) is 0 Å². The minimum Gasteiger partial charge on any atom is -0.307 e. The molecule has 10 aromatic rings. The molecule has 3 heterocycles. The zero-order valence-corrected chi connectivity index (χ0v) is 27.6. The molecule has 0 saturated carbocycles. The third-order valence-corrected chi connectivity index (χ3v) is 11.9. The summed E-state index contributed by atoms with van der Waals surface area (Å²) in [6.45, 7) is 7.44. The fraction of sp³-hybridized carbons (Fsp3) is 0. The van der Waals surface area contributed by atoms with Crippen LogP contribution in [-0.2, 0) is 0 Å². The van der Waals surface area contributed by atoms with Crippen LogP contribution in [0.5, 0.6) is 0 Å². The Labute approximate surface area is 289 Å². The summed E-state index contributed by atoms with van der Waals surface area (Å²) in [7, 11) is 0. The van der Waals surface area contributed by atoms with E-state index >= 15 is 0 Å². The van der Waals surface area contributed by atoms with Crippen molar-refractivity contribution in [2.45, 2.75) is 0 Å². The molecule has 0 saturated heterocycles. The summed E-state index contributed by atoms with van der Waals surface area (Å²) < 4.78 is 7.28. The zero-order valence-electron chi connectivity index (χ0n) is 25.9. The number of benzene rings is 7. The molecule has 0 aliphatic rings. The second kappa shape index (κ2) is 10.6. The molecule has 7 aromatic carbocycles. The second-order valence-corrected chi connectivity index (χ2v) is 14.5. The van der Waals surface area contributed by atoms with E-state index in [1.165, 1.54) is 51.1 Å². The third-order valence-electron chi connectivity index (χ3n) is 9.64. The lowest BCUT2D eigenvalue weighted by atomic mass is 9.98. The monoisotopic (exact) mass is 657 g/mol. The molecule has 3 aromatic heterocycles. The van der Waals surface area contributed by atoms with Gasteiger partial charge in [-0.2, -0.15) is 5.26 Å². The molecule has 3 nitrogen and oxygen atoms in total. The number of aromatic nitrogens is 1. The van der Waals surface area contributed by atoms with Crippen LogP contribution in [-0.4, -0.2) is 4.57 Å². The summed E-state index contributed by atoms with van der Waals surface area (Å²) in [4.78, 5) is 3.63. The van der Waals surface area contributed by atoms with Crippen LogP contribution in [0.25, 0.3) is 94.9 Å². The summed E-state index contributed by atoms with van der Waals surface area (Å²) >= 11 is 3.65. The van der Waals surface area contributed by atoms with Crippen molar-refractivity contribution in [3.05, 3.63) is 157 Å². The Bertz CT molecular complexity index is 3030. The van der Waals surface area contributed by atoms with Crippen molar-refractivity contribution in [2.75, 3.05) is 0 Å². The Balaban J connectivity index is 1.17. The molecule has 49 heavy (non-hydrogen) atoms. The maximum Gasteiger partial charge on any atom is 0.187 e. The second-order valence-electron chi connectivity index (χ2n) is 12.3. The lowest BCUT2D eigenvalue weighted by Gasteiger charge is -2.16. The minimum atomic E-state index is 0.645. The molecule has 5 heteroatoms. The molecule has 0 amide bonds. The van der Waals surface area contributed by atoms with Crippen LogP contribution in [0.4, 0.5) is 5.69 Å². The van der Waals surface area contributed by atoms with E-state index in [0.717, 1.165) is 39.0 Å². The van der Waals surface area contributed by atoms with Crippen LogP contribution in [0.2, 0.25) is 0 Å². The van der Waals surface area contributed by atoms with Crippen LogP contribution >= 0.6 is 22.7 Å². The lowest BCUT2D eigenvalue weighted by Crippen LogP contribution is -2.00. The molecule has 0 atom stereocenters. The van der Waals surface area contributed by atoms with Crippen LogP contribution in [0, 0.1) is 17.9 Å². The highest BCUT2D eigenvalue weighted by molar-refractivity contribution is 7.27. The molecular formula is C44H23N3S2. The van der Waals surface area contributed by atoms with E-state index in [4.69, 9.17) is 6.57 Å². The smallest absolute Gasteiger partial charge is 0.187 e. The van der Waals surface area contributed by atoms with Crippen molar-refractivity contribution >= 4 is 90.5 Å². The van der Waals surface area contributed by atoms with Gasteiger partial charge in [0.25, 0.3) is 0 Å². The molecule has 0 radical (unpaired) electrons. The molecule has 0 fully saturated rings.